The van der Waals surface area contributed by atoms with Crippen molar-refractivity contribution in [3.05, 3.63) is 25.3 Å². The van der Waals surface area contributed by atoms with Gasteiger partial charge in [0.2, 0.25) is 0 Å². The van der Waals surface area contributed by atoms with Gasteiger partial charge in [-0.15, -0.1) is 0 Å². The number of hydrogen-bond donors (Lipinski definition) is 0. The molecule has 0 aromatic carbocycles. The summed E-state index contributed by atoms with van der Waals surface area (Å²) in [5.74, 6) is -1.68. The van der Waals surface area contributed by atoms with Crippen molar-refractivity contribution in [1.29, 1.82) is 0 Å². The Kier molecular flexibility index (Phi) is 15.0. The second-order valence-electron chi connectivity index (χ2n) is 12.4. The number of carbonyl (C=O) groups is 4. The highest BCUT2D eigenvalue weighted by atomic mass is 16.7. The zero-order valence-corrected chi connectivity index (χ0v) is 26.8. The van der Waals surface area contributed by atoms with E-state index < -0.39 is 36.4 Å². The van der Waals surface area contributed by atoms with Gasteiger partial charge in [0.05, 0.1) is 50.5 Å². The molecule has 0 aromatic rings. The minimum absolute atomic E-state index is 0.113. The highest BCUT2D eigenvalue weighted by Gasteiger charge is 2.52. The Labute approximate surface area is 271 Å². The summed E-state index contributed by atoms with van der Waals surface area (Å²) in [6.45, 7) is 9.06. The average molecular weight is 651 g/mol. The van der Waals surface area contributed by atoms with E-state index >= 15 is 0 Å². The topological polar surface area (TPSA) is 142 Å². The van der Waals surface area contributed by atoms with Crippen molar-refractivity contribution in [2.24, 2.45) is 11.8 Å². The second-order valence-corrected chi connectivity index (χ2v) is 12.4. The van der Waals surface area contributed by atoms with Crippen LogP contribution in [0.3, 0.4) is 0 Å². The predicted octanol–water partition coefficient (Wildman–Crippen LogP) is 3.78. The van der Waals surface area contributed by atoms with Gasteiger partial charge in [-0.3, -0.25) is 9.59 Å². The van der Waals surface area contributed by atoms with Crippen LogP contribution in [0.25, 0.3) is 0 Å². The fraction of sp³-hybridized carbons (Fsp3) is 0.765. The minimum Gasteiger partial charge on any atom is -0.463 e. The fourth-order valence-corrected chi connectivity index (χ4v) is 6.42. The molecule has 12 heteroatoms. The number of fused-ring (bicyclic) bond motifs is 1. The molecule has 0 aromatic heterocycles. The predicted molar refractivity (Wildman–Crippen MR) is 163 cm³/mol. The summed E-state index contributed by atoms with van der Waals surface area (Å²) in [5.41, 5.74) is 0. The van der Waals surface area contributed by atoms with Gasteiger partial charge in [-0.25, -0.2) is 9.59 Å². The molecule has 2 saturated heterocycles. The third kappa shape index (κ3) is 11.2. The molecule has 0 spiro atoms. The summed E-state index contributed by atoms with van der Waals surface area (Å²) in [6.07, 6.45) is 9.58. The summed E-state index contributed by atoms with van der Waals surface area (Å²) in [6, 6.07) is 0. The Morgan fingerprint density at radius 1 is 0.565 bits per heavy atom. The Morgan fingerprint density at radius 2 is 0.935 bits per heavy atom. The van der Waals surface area contributed by atoms with Crippen molar-refractivity contribution in [1.82, 2.24) is 0 Å². The lowest BCUT2D eigenvalue weighted by molar-refractivity contribution is -0.162. The first-order chi connectivity index (χ1) is 22.4. The molecule has 0 radical (unpaired) electrons. The molecule has 2 heterocycles. The van der Waals surface area contributed by atoms with Crippen molar-refractivity contribution in [3.63, 3.8) is 0 Å². The van der Waals surface area contributed by atoms with Crippen molar-refractivity contribution < 1.29 is 57.1 Å². The van der Waals surface area contributed by atoms with Crippen molar-refractivity contribution >= 4 is 23.9 Å². The third-order valence-corrected chi connectivity index (χ3v) is 9.12. The highest BCUT2D eigenvalue weighted by Crippen LogP contribution is 2.35. The molecule has 4 rings (SSSR count). The van der Waals surface area contributed by atoms with Crippen LogP contribution < -0.4 is 0 Å². The lowest BCUT2D eigenvalue weighted by atomic mass is 9.87. The summed E-state index contributed by atoms with van der Waals surface area (Å²) in [4.78, 5) is 48.0. The van der Waals surface area contributed by atoms with Gasteiger partial charge < -0.3 is 37.9 Å². The van der Waals surface area contributed by atoms with Gasteiger partial charge in [0, 0.05) is 25.4 Å². The van der Waals surface area contributed by atoms with E-state index in [1.807, 2.05) is 0 Å². The van der Waals surface area contributed by atoms with Crippen LogP contribution in [0.1, 0.15) is 77.0 Å². The number of rotatable bonds is 18. The quantitative estimate of drug-likeness (QED) is 0.0922. The number of esters is 4. The lowest BCUT2D eigenvalue weighted by Crippen LogP contribution is -2.38. The van der Waals surface area contributed by atoms with Crippen LogP contribution in [-0.4, -0.2) is 100 Å². The first-order valence-corrected chi connectivity index (χ1v) is 16.8. The Hall–Kier alpha value is -2.80. The minimum atomic E-state index is -0.521. The van der Waals surface area contributed by atoms with Gasteiger partial charge in [-0.2, -0.15) is 0 Å². The summed E-state index contributed by atoms with van der Waals surface area (Å²) >= 11 is 0. The summed E-state index contributed by atoms with van der Waals surface area (Å²) in [7, 11) is 0. The van der Waals surface area contributed by atoms with E-state index in [1.165, 1.54) is 0 Å². The molecule has 0 amide bonds. The molecule has 258 valence electrons. The molecular weight excluding hydrogens is 600 g/mol. The van der Waals surface area contributed by atoms with Gasteiger partial charge in [0.25, 0.3) is 0 Å². The van der Waals surface area contributed by atoms with Crippen LogP contribution in [-0.2, 0) is 57.1 Å². The largest absolute Gasteiger partial charge is 0.463 e. The molecule has 4 aliphatic rings. The van der Waals surface area contributed by atoms with E-state index in [2.05, 4.69) is 13.2 Å². The monoisotopic (exact) mass is 650 g/mol. The molecule has 46 heavy (non-hydrogen) atoms. The molecule has 0 N–H and O–H groups in total. The highest BCUT2D eigenvalue weighted by molar-refractivity contribution is 5.81. The van der Waals surface area contributed by atoms with E-state index in [-0.39, 0.29) is 49.2 Å². The standard InChI is InChI=1S/C34H50O12/c1-3-29(35)41-19-7-5-17-39-25-13-9-23(10-14-25)33(37)45-27-21-43-32-28(22-44-31(27)32)46-34(38)24-11-15-26(16-12-24)40-18-6-8-20-42-30(36)4-2/h3-4,23-28,31-32H,1-2,5-22H2/t23?,24?,25?,26?,27-,28+,31-,32-/m1/s1. The average Bonchev–Trinajstić information content (AvgIpc) is 3.67. The van der Waals surface area contributed by atoms with Crippen LogP contribution in [0, 0.1) is 11.8 Å². The molecular formula is C34H50O12. The SMILES string of the molecule is C=CC(=O)OCCCCOC1CCC(C(=O)O[C@H]2CO[C@H]3[C@@H]2OC[C@H]3OC(=O)C2CCC(OCCCCOC(=O)C=C)CC2)CC1. The Bertz CT molecular complexity index is 934. The number of unbranched alkanes of at least 4 members (excludes halogenated alkanes) is 2. The molecule has 4 fully saturated rings. The molecule has 2 aliphatic heterocycles. The van der Waals surface area contributed by atoms with Crippen LogP contribution >= 0.6 is 0 Å². The van der Waals surface area contributed by atoms with Crippen molar-refractivity contribution in [2.75, 3.05) is 39.6 Å². The van der Waals surface area contributed by atoms with Gasteiger partial charge >= 0.3 is 23.9 Å². The van der Waals surface area contributed by atoms with Crippen LogP contribution in [0.15, 0.2) is 25.3 Å². The van der Waals surface area contributed by atoms with Gasteiger partial charge in [0.1, 0.15) is 12.2 Å². The van der Waals surface area contributed by atoms with Crippen molar-refractivity contribution in [3.8, 4) is 0 Å². The van der Waals surface area contributed by atoms with Gasteiger partial charge in [-0.1, -0.05) is 13.2 Å². The van der Waals surface area contributed by atoms with Gasteiger partial charge in [-0.05, 0) is 77.0 Å². The normalized spacial score (nSPS) is 30.5. The van der Waals surface area contributed by atoms with Crippen molar-refractivity contribution in [2.45, 2.75) is 114 Å². The molecule has 2 saturated carbocycles. The maximum absolute atomic E-state index is 13.0. The summed E-state index contributed by atoms with van der Waals surface area (Å²) < 4.78 is 45.3. The molecule has 4 atom stereocenters. The van der Waals surface area contributed by atoms with E-state index in [4.69, 9.17) is 37.9 Å². The Balaban J connectivity index is 1.06. The number of hydrogen-bond acceptors (Lipinski definition) is 12. The molecule has 0 bridgehead atoms. The van der Waals surface area contributed by atoms with Crippen LogP contribution in [0.2, 0.25) is 0 Å². The smallest absolute Gasteiger partial charge is 0.330 e. The van der Waals surface area contributed by atoms with E-state index in [9.17, 15) is 19.2 Å². The maximum atomic E-state index is 13.0. The van der Waals surface area contributed by atoms with E-state index in [1.54, 1.807) is 0 Å². The molecule has 2 aliphatic carbocycles. The van der Waals surface area contributed by atoms with E-state index in [0.29, 0.717) is 52.1 Å². The zero-order valence-electron chi connectivity index (χ0n) is 26.8. The first kappa shape index (κ1) is 36.0. The molecule has 12 nitrogen and oxygen atoms in total. The van der Waals surface area contributed by atoms with Gasteiger partial charge in [0.15, 0.2) is 12.2 Å². The first-order valence-electron chi connectivity index (χ1n) is 16.8. The summed E-state index contributed by atoms with van der Waals surface area (Å²) in [5, 5.41) is 0. The third-order valence-electron chi connectivity index (χ3n) is 9.12. The Morgan fingerprint density at radius 3 is 1.30 bits per heavy atom. The number of ether oxygens (including phenoxy) is 8. The second kappa shape index (κ2) is 19.1. The zero-order chi connectivity index (χ0) is 32.7. The van der Waals surface area contributed by atoms with Crippen LogP contribution in [0.5, 0.6) is 0 Å². The van der Waals surface area contributed by atoms with E-state index in [0.717, 1.165) is 63.5 Å². The lowest BCUT2D eigenvalue weighted by Gasteiger charge is -2.28. The fourth-order valence-electron chi connectivity index (χ4n) is 6.42. The molecule has 0 unspecified atom stereocenters. The van der Waals surface area contributed by atoms with Crippen LogP contribution in [0.4, 0.5) is 0 Å². The maximum Gasteiger partial charge on any atom is 0.330 e. The number of carbonyl (C=O) groups excluding carboxylic acids is 4.